The maximum Gasteiger partial charge on any atom is 0.119 e. The molecule has 102 valence electrons. The average Bonchev–Trinajstić information content (AvgIpc) is 2.36. The molecule has 0 unspecified atom stereocenters. The number of likely N-dealkylation sites (N-methyl/N-ethyl adjacent to an activating group) is 1. The fourth-order valence-electron chi connectivity index (χ4n) is 1.55. The van der Waals surface area contributed by atoms with Crippen molar-refractivity contribution in [3.8, 4) is 5.75 Å². The van der Waals surface area contributed by atoms with Gasteiger partial charge in [0.25, 0.3) is 0 Å². The molecule has 0 saturated carbocycles. The highest BCUT2D eigenvalue weighted by Crippen LogP contribution is 2.22. The van der Waals surface area contributed by atoms with Crippen molar-refractivity contribution in [2.45, 2.75) is 26.4 Å². The fourth-order valence-corrected chi connectivity index (χ4v) is 1.94. The monoisotopic (exact) mass is 314 g/mol. The molecule has 0 fully saturated rings. The van der Waals surface area contributed by atoms with Crippen molar-refractivity contribution >= 4 is 15.9 Å². The molecule has 1 aromatic rings. The SMILES string of the molecule is COc1ccc(Br)c(CNCCN(C)C(C)C)c1. The molecule has 0 saturated heterocycles. The molecule has 0 aromatic heterocycles. The molecule has 0 amide bonds. The summed E-state index contributed by atoms with van der Waals surface area (Å²) in [7, 11) is 3.84. The van der Waals surface area contributed by atoms with Gasteiger partial charge in [-0.25, -0.2) is 0 Å². The molecule has 0 aliphatic carbocycles. The van der Waals surface area contributed by atoms with Gasteiger partial charge in [-0.15, -0.1) is 0 Å². The van der Waals surface area contributed by atoms with Crippen molar-refractivity contribution in [1.29, 1.82) is 0 Å². The van der Waals surface area contributed by atoms with Gasteiger partial charge in [-0.05, 0) is 44.7 Å². The summed E-state index contributed by atoms with van der Waals surface area (Å²) in [6.45, 7) is 7.30. The predicted molar refractivity (Wildman–Crippen MR) is 80.2 cm³/mol. The molecule has 4 heteroatoms. The second kappa shape index (κ2) is 7.77. The molecular formula is C14H23BrN2O. The molecule has 18 heavy (non-hydrogen) atoms. The van der Waals surface area contributed by atoms with Gasteiger partial charge in [0.1, 0.15) is 5.75 Å². The van der Waals surface area contributed by atoms with Crippen LogP contribution >= 0.6 is 15.9 Å². The first-order chi connectivity index (χ1) is 8.54. The van der Waals surface area contributed by atoms with E-state index in [0.717, 1.165) is 29.9 Å². The number of nitrogens with one attached hydrogen (secondary N) is 1. The van der Waals surface area contributed by atoms with Crippen LogP contribution in [0.4, 0.5) is 0 Å². The van der Waals surface area contributed by atoms with Gasteiger partial charge in [0.15, 0.2) is 0 Å². The number of benzene rings is 1. The summed E-state index contributed by atoms with van der Waals surface area (Å²) in [6, 6.07) is 6.63. The predicted octanol–water partition coefficient (Wildman–Crippen LogP) is 2.89. The highest BCUT2D eigenvalue weighted by atomic mass is 79.9. The van der Waals surface area contributed by atoms with Gasteiger partial charge in [-0.2, -0.15) is 0 Å². The van der Waals surface area contributed by atoms with Gasteiger partial charge in [0.2, 0.25) is 0 Å². The van der Waals surface area contributed by atoms with E-state index in [1.165, 1.54) is 5.56 Å². The average molecular weight is 315 g/mol. The number of ether oxygens (including phenoxy) is 1. The van der Waals surface area contributed by atoms with Crippen LogP contribution in [0.2, 0.25) is 0 Å². The summed E-state index contributed by atoms with van der Waals surface area (Å²) in [5.41, 5.74) is 1.22. The van der Waals surface area contributed by atoms with Gasteiger partial charge in [0, 0.05) is 30.1 Å². The molecule has 3 nitrogen and oxygen atoms in total. The maximum absolute atomic E-state index is 5.23. The Balaban J connectivity index is 2.39. The maximum atomic E-state index is 5.23. The number of hydrogen-bond donors (Lipinski definition) is 1. The number of rotatable bonds is 7. The lowest BCUT2D eigenvalue weighted by Crippen LogP contribution is -2.33. The summed E-state index contributed by atoms with van der Waals surface area (Å²) in [6.07, 6.45) is 0. The van der Waals surface area contributed by atoms with Crippen molar-refractivity contribution in [2.24, 2.45) is 0 Å². The molecule has 0 bridgehead atoms. The van der Waals surface area contributed by atoms with Crippen LogP contribution in [0, 0.1) is 0 Å². The lowest BCUT2D eigenvalue weighted by atomic mass is 10.2. The minimum absolute atomic E-state index is 0.593. The third-order valence-corrected chi connectivity index (χ3v) is 3.86. The zero-order valence-corrected chi connectivity index (χ0v) is 13.3. The molecule has 1 aromatic carbocycles. The summed E-state index contributed by atoms with van der Waals surface area (Å²) in [5, 5.41) is 3.45. The first-order valence-corrected chi connectivity index (χ1v) is 7.07. The van der Waals surface area contributed by atoms with E-state index < -0.39 is 0 Å². The van der Waals surface area contributed by atoms with Gasteiger partial charge < -0.3 is 15.0 Å². The zero-order chi connectivity index (χ0) is 13.5. The van der Waals surface area contributed by atoms with E-state index in [1.807, 2.05) is 12.1 Å². The smallest absolute Gasteiger partial charge is 0.119 e. The summed E-state index contributed by atoms with van der Waals surface area (Å²) in [5.74, 6) is 0.897. The van der Waals surface area contributed by atoms with Crippen LogP contribution in [0.3, 0.4) is 0 Å². The normalized spacial score (nSPS) is 11.3. The van der Waals surface area contributed by atoms with E-state index in [9.17, 15) is 0 Å². The van der Waals surface area contributed by atoms with Crippen molar-refractivity contribution in [1.82, 2.24) is 10.2 Å². The highest BCUT2D eigenvalue weighted by molar-refractivity contribution is 9.10. The highest BCUT2D eigenvalue weighted by Gasteiger charge is 2.04. The molecule has 0 spiro atoms. The molecule has 0 aliphatic heterocycles. The lowest BCUT2D eigenvalue weighted by Gasteiger charge is -2.21. The van der Waals surface area contributed by atoms with Crippen molar-refractivity contribution in [3.05, 3.63) is 28.2 Å². The Kier molecular flexibility index (Phi) is 6.68. The molecule has 0 heterocycles. The van der Waals surface area contributed by atoms with Crippen LogP contribution in [-0.4, -0.2) is 38.2 Å². The number of methoxy groups -OCH3 is 1. The lowest BCUT2D eigenvalue weighted by molar-refractivity contribution is 0.273. The first-order valence-electron chi connectivity index (χ1n) is 6.28. The van der Waals surface area contributed by atoms with Crippen LogP contribution < -0.4 is 10.1 Å². The number of halogens is 1. The third kappa shape index (κ3) is 4.96. The molecule has 0 aliphatic rings. The molecular weight excluding hydrogens is 292 g/mol. The first kappa shape index (κ1) is 15.5. The Morgan fingerprint density at radius 2 is 2.11 bits per heavy atom. The summed E-state index contributed by atoms with van der Waals surface area (Å²) in [4.78, 5) is 2.33. The van der Waals surface area contributed by atoms with Crippen LogP contribution in [0.25, 0.3) is 0 Å². The molecule has 1 N–H and O–H groups in total. The minimum Gasteiger partial charge on any atom is -0.497 e. The van der Waals surface area contributed by atoms with Gasteiger partial charge in [-0.1, -0.05) is 15.9 Å². The van der Waals surface area contributed by atoms with E-state index in [0.29, 0.717) is 6.04 Å². The van der Waals surface area contributed by atoms with Crippen LogP contribution in [0.1, 0.15) is 19.4 Å². The second-order valence-electron chi connectivity index (χ2n) is 4.71. The van der Waals surface area contributed by atoms with Crippen LogP contribution in [0.15, 0.2) is 22.7 Å². The van der Waals surface area contributed by atoms with Crippen LogP contribution in [-0.2, 0) is 6.54 Å². The van der Waals surface area contributed by atoms with Gasteiger partial charge in [0.05, 0.1) is 7.11 Å². The van der Waals surface area contributed by atoms with Crippen LogP contribution in [0.5, 0.6) is 5.75 Å². The van der Waals surface area contributed by atoms with E-state index in [1.54, 1.807) is 7.11 Å². The van der Waals surface area contributed by atoms with E-state index in [2.05, 4.69) is 53.1 Å². The summed E-state index contributed by atoms with van der Waals surface area (Å²) >= 11 is 3.56. The number of hydrogen-bond acceptors (Lipinski definition) is 3. The Hall–Kier alpha value is -0.580. The molecule has 0 atom stereocenters. The van der Waals surface area contributed by atoms with Gasteiger partial charge in [-0.3, -0.25) is 0 Å². The topological polar surface area (TPSA) is 24.5 Å². The van der Waals surface area contributed by atoms with Gasteiger partial charge >= 0.3 is 0 Å². The second-order valence-corrected chi connectivity index (χ2v) is 5.56. The van der Waals surface area contributed by atoms with Crippen molar-refractivity contribution < 1.29 is 4.74 Å². The Bertz CT molecular complexity index is 369. The van der Waals surface area contributed by atoms with Crippen molar-refractivity contribution in [3.63, 3.8) is 0 Å². The molecule has 0 radical (unpaired) electrons. The minimum atomic E-state index is 0.593. The summed E-state index contributed by atoms with van der Waals surface area (Å²) < 4.78 is 6.35. The Morgan fingerprint density at radius 1 is 1.39 bits per heavy atom. The van der Waals surface area contributed by atoms with E-state index in [4.69, 9.17) is 4.74 Å². The Morgan fingerprint density at radius 3 is 2.72 bits per heavy atom. The quantitative estimate of drug-likeness (QED) is 0.783. The number of nitrogens with zero attached hydrogens (tertiary/aromatic N) is 1. The van der Waals surface area contributed by atoms with E-state index >= 15 is 0 Å². The van der Waals surface area contributed by atoms with Crippen molar-refractivity contribution in [2.75, 3.05) is 27.2 Å². The standard InChI is InChI=1S/C14H23BrN2O/c1-11(2)17(3)8-7-16-10-12-9-13(18-4)5-6-14(12)15/h5-6,9,11,16H,7-8,10H2,1-4H3. The fraction of sp³-hybridized carbons (Fsp3) is 0.571. The third-order valence-electron chi connectivity index (χ3n) is 3.09. The zero-order valence-electron chi connectivity index (χ0n) is 11.7. The largest absolute Gasteiger partial charge is 0.497 e. The van der Waals surface area contributed by atoms with E-state index in [-0.39, 0.29) is 0 Å². The Labute approximate surface area is 119 Å². The molecule has 1 rings (SSSR count).